The van der Waals surface area contributed by atoms with E-state index in [1.807, 2.05) is 7.05 Å². The molecule has 1 N–H and O–H groups in total. The molecule has 0 aromatic rings. The average molecular weight is 173 g/mol. The van der Waals surface area contributed by atoms with Crippen molar-refractivity contribution < 1.29 is 4.39 Å². The van der Waals surface area contributed by atoms with E-state index in [1.54, 1.807) is 0 Å². The second kappa shape index (κ2) is 4.80. The maximum atomic E-state index is 13.0. The second-order valence-corrected chi connectivity index (χ2v) is 4.06. The number of hydrogen-bond donors (Lipinski definition) is 1. The van der Waals surface area contributed by atoms with Gasteiger partial charge in [0.2, 0.25) is 0 Å². The third-order valence-corrected chi connectivity index (χ3v) is 2.90. The van der Waals surface area contributed by atoms with Gasteiger partial charge in [-0.3, -0.25) is 0 Å². The fourth-order valence-electron chi connectivity index (χ4n) is 2.06. The van der Waals surface area contributed by atoms with Crippen molar-refractivity contribution in [3.05, 3.63) is 0 Å². The summed E-state index contributed by atoms with van der Waals surface area (Å²) in [5.41, 5.74) is 0. The van der Waals surface area contributed by atoms with Gasteiger partial charge in [-0.05, 0) is 39.2 Å². The summed E-state index contributed by atoms with van der Waals surface area (Å²) in [6, 6.07) is 0.542. The van der Waals surface area contributed by atoms with Gasteiger partial charge in [-0.25, -0.2) is 4.39 Å². The lowest BCUT2D eigenvalue weighted by molar-refractivity contribution is 0.184. The third-order valence-electron chi connectivity index (χ3n) is 2.90. The van der Waals surface area contributed by atoms with Crippen LogP contribution in [0.2, 0.25) is 0 Å². The van der Waals surface area contributed by atoms with Crippen LogP contribution in [0.25, 0.3) is 0 Å². The first kappa shape index (κ1) is 9.97. The largest absolute Gasteiger partial charge is 0.317 e. The molecule has 0 aliphatic heterocycles. The zero-order chi connectivity index (χ0) is 8.97. The summed E-state index contributed by atoms with van der Waals surface area (Å²) in [5.74, 6) is 0.621. The molecule has 1 fully saturated rings. The van der Waals surface area contributed by atoms with Gasteiger partial charge in [-0.15, -0.1) is 0 Å². The highest BCUT2D eigenvalue weighted by Gasteiger charge is 2.22. The van der Waals surface area contributed by atoms with Crippen molar-refractivity contribution in [2.75, 3.05) is 7.05 Å². The Hall–Kier alpha value is -0.110. The van der Waals surface area contributed by atoms with Crippen molar-refractivity contribution in [2.24, 2.45) is 5.92 Å². The first-order chi connectivity index (χ1) is 5.72. The molecule has 0 saturated heterocycles. The van der Waals surface area contributed by atoms with Crippen molar-refractivity contribution in [2.45, 2.75) is 51.2 Å². The summed E-state index contributed by atoms with van der Waals surface area (Å²) in [4.78, 5) is 0. The molecule has 2 heteroatoms. The van der Waals surface area contributed by atoms with Crippen molar-refractivity contribution in [3.63, 3.8) is 0 Å². The van der Waals surface area contributed by atoms with Crippen molar-refractivity contribution in [1.82, 2.24) is 5.32 Å². The molecule has 1 aliphatic carbocycles. The van der Waals surface area contributed by atoms with Crippen LogP contribution in [-0.4, -0.2) is 19.3 Å². The van der Waals surface area contributed by atoms with Crippen LogP contribution in [-0.2, 0) is 0 Å². The maximum Gasteiger partial charge on any atom is 0.100 e. The van der Waals surface area contributed by atoms with Crippen molar-refractivity contribution >= 4 is 0 Å². The predicted octanol–water partition coefficient (Wildman–Crippen LogP) is 2.51. The summed E-state index contributed by atoms with van der Waals surface area (Å²) in [6.45, 7) is 2.17. The molecule has 72 valence electrons. The minimum absolute atomic E-state index is 0.521. The summed E-state index contributed by atoms with van der Waals surface area (Å²) in [5, 5.41) is 3.20. The number of alkyl halides is 1. The predicted molar refractivity (Wildman–Crippen MR) is 50.0 cm³/mol. The lowest BCUT2D eigenvalue weighted by atomic mass is 9.84. The van der Waals surface area contributed by atoms with E-state index < -0.39 is 6.17 Å². The van der Waals surface area contributed by atoms with Gasteiger partial charge in [0, 0.05) is 6.04 Å². The van der Waals surface area contributed by atoms with Crippen LogP contribution in [0.5, 0.6) is 0 Å². The SMILES string of the molecule is CNC(C)CC1CCCC(F)C1. The number of halogens is 1. The van der Waals surface area contributed by atoms with E-state index >= 15 is 0 Å². The van der Waals surface area contributed by atoms with Gasteiger partial charge in [0.05, 0.1) is 0 Å². The number of rotatable bonds is 3. The zero-order valence-electron chi connectivity index (χ0n) is 8.15. The van der Waals surface area contributed by atoms with Gasteiger partial charge < -0.3 is 5.32 Å². The molecule has 0 aromatic heterocycles. The van der Waals surface area contributed by atoms with E-state index in [2.05, 4.69) is 12.2 Å². The second-order valence-electron chi connectivity index (χ2n) is 4.06. The Balaban J connectivity index is 2.22. The Morgan fingerprint density at radius 2 is 2.25 bits per heavy atom. The Kier molecular flexibility index (Phi) is 3.99. The molecule has 1 aliphatic rings. The van der Waals surface area contributed by atoms with Gasteiger partial charge >= 0.3 is 0 Å². The summed E-state index contributed by atoms with van der Waals surface area (Å²) in [7, 11) is 1.97. The molecule has 0 amide bonds. The van der Waals surface area contributed by atoms with Crippen molar-refractivity contribution in [3.8, 4) is 0 Å². The summed E-state index contributed by atoms with van der Waals surface area (Å²) < 4.78 is 13.0. The fraction of sp³-hybridized carbons (Fsp3) is 1.00. The molecule has 0 heterocycles. The zero-order valence-corrected chi connectivity index (χ0v) is 8.15. The van der Waals surface area contributed by atoms with E-state index in [4.69, 9.17) is 0 Å². The molecular formula is C10H20FN. The van der Waals surface area contributed by atoms with Crippen molar-refractivity contribution in [1.29, 1.82) is 0 Å². The molecular weight excluding hydrogens is 153 g/mol. The smallest absolute Gasteiger partial charge is 0.100 e. The van der Waals surface area contributed by atoms with E-state index in [9.17, 15) is 4.39 Å². The van der Waals surface area contributed by atoms with Gasteiger partial charge in [-0.2, -0.15) is 0 Å². The van der Waals surface area contributed by atoms with E-state index in [1.165, 1.54) is 6.42 Å². The number of nitrogens with one attached hydrogen (secondary N) is 1. The quantitative estimate of drug-likeness (QED) is 0.691. The molecule has 12 heavy (non-hydrogen) atoms. The Bertz CT molecular complexity index is 127. The minimum atomic E-state index is -0.521. The molecule has 3 atom stereocenters. The van der Waals surface area contributed by atoms with Crippen LogP contribution in [0.3, 0.4) is 0 Å². The fourth-order valence-corrected chi connectivity index (χ4v) is 2.06. The summed E-state index contributed by atoms with van der Waals surface area (Å²) in [6.07, 6.45) is 4.52. The first-order valence-electron chi connectivity index (χ1n) is 5.03. The molecule has 1 saturated carbocycles. The molecule has 1 rings (SSSR count). The molecule has 0 radical (unpaired) electrons. The monoisotopic (exact) mass is 173 g/mol. The van der Waals surface area contributed by atoms with Gasteiger partial charge in [0.1, 0.15) is 6.17 Å². The van der Waals surface area contributed by atoms with Crippen LogP contribution in [0, 0.1) is 5.92 Å². The highest BCUT2D eigenvalue weighted by Crippen LogP contribution is 2.29. The van der Waals surface area contributed by atoms with E-state index in [0.29, 0.717) is 12.0 Å². The maximum absolute atomic E-state index is 13.0. The van der Waals surface area contributed by atoms with Gasteiger partial charge in [-0.1, -0.05) is 12.8 Å². The topological polar surface area (TPSA) is 12.0 Å². The standard InChI is InChI=1S/C10H20FN/c1-8(12-2)6-9-4-3-5-10(11)7-9/h8-10,12H,3-7H2,1-2H3. The minimum Gasteiger partial charge on any atom is -0.317 e. The van der Waals surface area contributed by atoms with Crippen LogP contribution in [0.4, 0.5) is 4.39 Å². The Morgan fingerprint density at radius 3 is 2.83 bits per heavy atom. The first-order valence-corrected chi connectivity index (χ1v) is 5.03. The highest BCUT2D eigenvalue weighted by atomic mass is 19.1. The van der Waals surface area contributed by atoms with Gasteiger partial charge in [0.15, 0.2) is 0 Å². The van der Waals surface area contributed by atoms with Crippen LogP contribution < -0.4 is 5.32 Å². The normalized spacial score (nSPS) is 33.2. The van der Waals surface area contributed by atoms with Crippen LogP contribution in [0.15, 0.2) is 0 Å². The Morgan fingerprint density at radius 1 is 1.50 bits per heavy atom. The molecule has 1 nitrogen and oxygen atoms in total. The highest BCUT2D eigenvalue weighted by molar-refractivity contribution is 4.75. The Labute approximate surface area is 74.7 Å². The molecule has 3 unspecified atom stereocenters. The van der Waals surface area contributed by atoms with E-state index in [-0.39, 0.29) is 0 Å². The van der Waals surface area contributed by atoms with E-state index in [0.717, 1.165) is 25.7 Å². The lowest BCUT2D eigenvalue weighted by Crippen LogP contribution is -2.27. The lowest BCUT2D eigenvalue weighted by Gasteiger charge is -2.26. The van der Waals surface area contributed by atoms with Crippen LogP contribution >= 0.6 is 0 Å². The van der Waals surface area contributed by atoms with Crippen LogP contribution in [0.1, 0.15) is 39.0 Å². The third kappa shape index (κ3) is 3.10. The average Bonchev–Trinajstić information content (AvgIpc) is 2.04. The number of hydrogen-bond acceptors (Lipinski definition) is 1. The molecule has 0 spiro atoms. The molecule has 0 aromatic carbocycles. The van der Waals surface area contributed by atoms with Gasteiger partial charge in [0.25, 0.3) is 0 Å². The molecule has 0 bridgehead atoms. The summed E-state index contributed by atoms with van der Waals surface area (Å²) >= 11 is 0.